The monoisotopic (exact) mass is 494 g/mol. The van der Waals surface area contributed by atoms with Crippen molar-refractivity contribution in [3.63, 3.8) is 0 Å². The van der Waals surface area contributed by atoms with Crippen molar-refractivity contribution in [1.29, 1.82) is 0 Å². The van der Waals surface area contributed by atoms with Gasteiger partial charge >= 0.3 is 5.97 Å². The zero-order chi connectivity index (χ0) is 26.6. The first-order chi connectivity index (χ1) is 17.0. The van der Waals surface area contributed by atoms with Crippen molar-refractivity contribution < 1.29 is 24.2 Å². The number of rotatable bonds is 9. The zero-order valence-corrected chi connectivity index (χ0v) is 23.0. The van der Waals surface area contributed by atoms with Crippen molar-refractivity contribution >= 4 is 11.8 Å². The van der Waals surface area contributed by atoms with Gasteiger partial charge in [0.1, 0.15) is 11.5 Å². The first-order valence-corrected chi connectivity index (χ1v) is 13.1. The number of ketones is 1. The van der Waals surface area contributed by atoms with Gasteiger partial charge in [0.05, 0.1) is 19.3 Å². The molecule has 1 N–H and O–H groups in total. The lowest BCUT2D eigenvalue weighted by atomic mass is 9.66. The van der Waals surface area contributed by atoms with Gasteiger partial charge in [-0.15, -0.1) is 0 Å². The summed E-state index contributed by atoms with van der Waals surface area (Å²) in [6, 6.07) is 3.79. The number of hydrogen-bond acceptors (Lipinski definition) is 4. The molecule has 1 atom stereocenters. The average Bonchev–Trinajstić information content (AvgIpc) is 2.82. The van der Waals surface area contributed by atoms with E-state index in [1.165, 1.54) is 32.1 Å². The SMILES string of the molecule is COC1=C(C)C(C(=O)O)=C(C)C(C)(C)C1C=CC(=O)c1cc(C)c(OCCC2CCCCC2)c(C)c1. The molecule has 196 valence electrons. The van der Waals surface area contributed by atoms with E-state index in [-0.39, 0.29) is 17.3 Å². The Kier molecular flexibility index (Phi) is 8.86. The van der Waals surface area contributed by atoms with Crippen LogP contribution in [0, 0.1) is 31.1 Å². The molecule has 1 saturated carbocycles. The number of carboxylic acids is 1. The lowest BCUT2D eigenvalue weighted by Gasteiger charge is -2.40. The number of ether oxygens (including phenoxy) is 2. The number of aliphatic carboxylic acids is 1. The van der Waals surface area contributed by atoms with Gasteiger partial charge in [0.2, 0.25) is 0 Å². The molecule has 1 unspecified atom stereocenters. The second-order valence-electron chi connectivity index (χ2n) is 11.0. The Bertz CT molecular complexity index is 1070. The summed E-state index contributed by atoms with van der Waals surface area (Å²) in [6.07, 6.45) is 11.2. The van der Waals surface area contributed by atoms with Crippen LogP contribution in [-0.2, 0) is 9.53 Å². The number of benzene rings is 1. The predicted molar refractivity (Wildman–Crippen MR) is 143 cm³/mol. The summed E-state index contributed by atoms with van der Waals surface area (Å²) in [5.41, 5.74) is 3.70. The van der Waals surface area contributed by atoms with Gasteiger partial charge in [0.15, 0.2) is 5.78 Å². The fourth-order valence-electron chi connectivity index (χ4n) is 5.85. The van der Waals surface area contributed by atoms with Gasteiger partial charge in [0.25, 0.3) is 0 Å². The van der Waals surface area contributed by atoms with E-state index in [1.54, 1.807) is 20.1 Å². The van der Waals surface area contributed by atoms with Gasteiger partial charge in [-0.1, -0.05) is 57.6 Å². The number of carbonyl (C=O) groups excluding carboxylic acids is 1. The fourth-order valence-corrected chi connectivity index (χ4v) is 5.85. The molecule has 0 saturated heterocycles. The number of aryl methyl sites for hydroxylation is 2. The Morgan fingerprint density at radius 1 is 1.06 bits per heavy atom. The van der Waals surface area contributed by atoms with Gasteiger partial charge in [-0.25, -0.2) is 4.79 Å². The number of carboxylic acid groups (broad SMARTS) is 1. The Hall–Kier alpha value is -2.82. The summed E-state index contributed by atoms with van der Waals surface area (Å²) in [5, 5.41) is 9.74. The highest BCUT2D eigenvalue weighted by Gasteiger charge is 2.41. The molecule has 1 fully saturated rings. The van der Waals surface area contributed by atoms with E-state index < -0.39 is 11.4 Å². The summed E-state index contributed by atoms with van der Waals surface area (Å²) >= 11 is 0. The van der Waals surface area contributed by atoms with Crippen molar-refractivity contribution in [3.8, 4) is 5.75 Å². The summed E-state index contributed by atoms with van der Waals surface area (Å²) < 4.78 is 11.8. The third-order valence-electron chi connectivity index (χ3n) is 8.26. The highest BCUT2D eigenvalue weighted by molar-refractivity contribution is 6.05. The molecule has 0 spiro atoms. The van der Waals surface area contributed by atoms with Crippen molar-refractivity contribution in [2.45, 2.75) is 80.1 Å². The second-order valence-corrected chi connectivity index (χ2v) is 11.0. The van der Waals surface area contributed by atoms with Crippen LogP contribution in [0.1, 0.15) is 87.7 Å². The average molecular weight is 495 g/mol. The molecule has 0 aliphatic heterocycles. The van der Waals surface area contributed by atoms with Crippen LogP contribution < -0.4 is 4.74 Å². The first kappa shape index (κ1) is 27.8. The van der Waals surface area contributed by atoms with Gasteiger partial charge in [-0.3, -0.25) is 4.79 Å². The van der Waals surface area contributed by atoms with Crippen LogP contribution >= 0.6 is 0 Å². The van der Waals surface area contributed by atoms with Crippen molar-refractivity contribution in [3.05, 3.63) is 63.5 Å². The lowest BCUT2D eigenvalue weighted by Crippen LogP contribution is -2.33. The predicted octanol–water partition coefficient (Wildman–Crippen LogP) is 7.37. The van der Waals surface area contributed by atoms with Crippen LogP contribution in [0.5, 0.6) is 5.75 Å². The van der Waals surface area contributed by atoms with Crippen LogP contribution in [0.3, 0.4) is 0 Å². The van der Waals surface area contributed by atoms with Crippen LogP contribution in [0.25, 0.3) is 0 Å². The van der Waals surface area contributed by atoms with Crippen molar-refractivity contribution in [1.82, 2.24) is 0 Å². The Morgan fingerprint density at radius 3 is 2.22 bits per heavy atom. The molecular weight excluding hydrogens is 452 g/mol. The molecule has 2 aliphatic carbocycles. The van der Waals surface area contributed by atoms with E-state index in [1.807, 2.05) is 52.8 Å². The van der Waals surface area contributed by atoms with E-state index in [2.05, 4.69) is 0 Å². The highest BCUT2D eigenvalue weighted by atomic mass is 16.5. The topological polar surface area (TPSA) is 72.8 Å². The molecule has 0 aromatic heterocycles. The van der Waals surface area contributed by atoms with E-state index in [4.69, 9.17) is 9.47 Å². The van der Waals surface area contributed by atoms with E-state index >= 15 is 0 Å². The van der Waals surface area contributed by atoms with Crippen LogP contribution in [0.4, 0.5) is 0 Å². The van der Waals surface area contributed by atoms with Crippen LogP contribution in [0.15, 0.2) is 46.8 Å². The van der Waals surface area contributed by atoms with E-state index in [0.717, 1.165) is 34.8 Å². The molecule has 1 aromatic rings. The van der Waals surface area contributed by atoms with E-state index in [0.29, 0.717) is 23.5 Å². The fraction of sp³-hybridized carbons (Fsp3) is 0.548. The molecule has 36 heavy (non-hydrogen) atoms. The molecule has 2 aliphatic rings. The van der Waals surface area contributed by atoms with Gasteiger partial charge in [-0.05, 0) is 74.8 Å². The second kappa shape index (κ2) is 11.5. The molecule has 0 radical (unpaired) electrons. The van der Waals surface area contributed by atoms with E-state index in [9.17, 15) is 14.7 Å². The third kappa shape index (κ3) is 5.77. The standard InChI is InChI=1S/C31H42O5/c1-19-17-24(18-20(2)28(19)36-16-15-23-11-9-8-10-12-23)26(32)14-13-25-29(35-7)21(3)27(30(33)34)22(4)31(25,5)6/h13-14,17-18,23,25H,8-12,15-16H2,1-7H3,(H,33,34). The molecule has 0 bridgehead atoms. The Labute approximate surface area is 216 Å². The number of carbonyl (C=O) groups is 2. The smallest absolute Gasteiger partial charge is 0.336 e. The van der Waals surface area contributed by atoms with Gasteiger partial charge < -0.3 is 14.6 Å². The number of hydrogen-bond donors (Lipinski definition) is 1. The van der Waals surface area contributed by atoms with Crippen molar-refractivity contribution in [2.75, 3.05) is 13.7 Å². The maximum Gasteiger partial charge on any atom is 0.336 e. The summed E-state index contributed by atoms with van der Waals surface area (Å²) in [7, 11) is 1.55. The Balaban J connectivity index is 1.77. The molecule has 0 amide bonds. The van der Waals surface area contributed by atoms with Crippen molar-refractivity contribution in [2.24, 2.45) is 17.3 Å². The lowest BCUT2D eigenvalue weighted by molar-refractivity contribution is -0.132. The van der Waals surface area contributed by atoms with Crippen LogP contribution in [0.2, 0.25) is 0 Å². The maximum absolute atomic E-state index is 13.2. The zero-order valence-electron chi connectivity index (χ0n) is 23.0. The largest absolute Gasteiger partial charge is 0.500 e. The molecule has 1 aromatic carbocycles. The maximum atomic E-state index is 13.2. The Morgan fingerprint density at radius 2 is 1.67 bits per heavy atom. The minimum atomic E-state index is -0.960. The minimum Gasteiger partial charge on any atom is -0.500 e. The molecule has 0 heterocycles. The number of methoxy groups -OCH3 is 1. The molecular formula is C31H42O5. The summed E-state index contributed by atoms with van der Waals surface area (Å²) in [5.74, 6) is 0.930. The quantitative estimate of drug-likeness (QED) is 0.287. The normalized spacial score (nSPS) is 20.7. The number of allylic oxidation sites excluding steroid dienone is 3. The highest BCUT2D eigenvalue weighted by Crippen LogP contribution is 2.48. The molecule has 5 heteroatoms. The molecule has 3 rings (SSSR count). The van der Waals surface area contributed by atoms with Crippen LogP contribution in [-0.4, -0.2) is 30.6 Å². The summed E-state index contributed by atoms with van der Waals surface area (Å²) in [4.78, 5) is 25.1. The van der Waals surface area contributed by atoms with Gasteiger partial charge in [-0.2, -0.15) is 0 Å². The third-order valence-corrected chi connectivity index (χ3v) is 8.26. The minimum absolute atomic E-state index is 0.0930. The summed E-state index contributed by atoms with van der Waals surface area (Å²) in [6.45, 7) is 12.3. The van der Waals surface area contributed by atoms with Gasteiger partial charge in [0, 0.05) is 17.1 Å². The first-order valence-electron chi connectivity index (χ1n) is 13.1. The molecule has 5 nitrogen and oxygen atoms in total.